The Morgan fingerprint density at radius 1 is 1.35 bits per heavy atom. The lowest BCUT2D eigenvalue weighted by Gasteiger charge is -2.25. The van der Waals surface area contributed by atoms with Crippen molar-refractivity contribution >= 4 is 5.91 Å². The molecule has 0 unspecified atom stereocenters. The van der Waals surface area contributed by atoms with Crippen LogP contribution in [0.3, 0.4) is 0 Å². The van der Waals surface area contributed by atoms with Gasteiger partial charge in [-0.25, -0.2) is 8.78 Å². The minimum absolute atomic E-state index is 0.0982. The number of carbonyl (C=O) groups is 1. The van der Waals surface area contributed by atoms with Gasteiger partial charge in [0, 0.05) is 24.5 Å². The second kappa shape index (κ2) is 6.42. The van der Waals surface area contributed by atoms with Crippen molar-refractivity contribution in [1.29, 1.82) is 0 Å². The Kier molecular flexibility index (Phi) is 4.34. The SMILES string of the molecule is O=C(Cc1cccnc1)N1C[C@H](O)C[C@H]1c1cc(F)ccc1F. The van der Waals surface area contributed by atoms with Crippen molar-refractivity contribution in [2.75, 3.05) is 6.54 Å². The quantitative estimate of drug-likeness (QED) is 0.944. The number of nitrogens with zero attached hydrogens (tertiary/aromatic N) is 2. The van der Waals surface area contributed by atoms with Crippen LogP contribution in [-0.2, 0) is 11.2 Å². The van der Waals surface area contributed by atoms with Gasteiger partial charge in [0.2, 0.25) is 5.91 Å². The molecule has 1 aliphatic rings. The maximum atomic E-state index is 14.0. The van der Waals surface area contributed by atoms with Crippen molar-refractivity contribution in [2.24, 2.45) is 0 Å². The molecule has 1 N–H and O–H groups in total. The van der Waals surface area contributed by atoms with Crippen molar-refractivity contribution in [1.82, 2.24) is 9.88 Å². The third-order valence-corrected chi connectivity index (χ3v) is 3.99. The number of carbonyl (C=O) groups excluding carboxylic acids is 1. The molecule has 2 heterocycles. The number of benzene rings is 1. The largest absolute Gasteiger partial charge is 0.391 e. The summed E-state index contributed by atoms with van der Waals surface area (Å²) in [6.07, 6.45) is 2.74. The summed E-state index contributed by atoms with van der Waals surface area (Å²) >= 11 is 0. The third-order valence-electron chi connectivity index (χ3n) is 3.99. The van der Waals surface area contributed by atoms with Crippen molar-refractivity contribution < 1.29 is 18.7 Å². The molecule has 1 saturated heterocycles. The van der Waals surface area contributed by atoms with E-state index >= 15 is 0 Å². The molecule has 1 aromatic heterocycles. The van der Waals surface area contributed by atoms with Crippen LogP contribution >= 0.6 is 0 Å². The number of halogens is 2. The molecular weight excluding hydrogens is 302 g/mol. The Bertz CT molecular complexity index is 709. The second-order valence-corrected chi connectivity index (χ2v) is 5.66. The minimum atomic E-state index is -0.750. The lowest BCUT2D eigenvalue weighted by Crippen LogP contribution is -2.33. The van der Waals surface area contributed by atoms with Gasteiger partial charge in [0.1, 0.15) is 11.6 Å². The van der Waals surface area contributed by atoms with E-state index < -0.39 is 23.8 Å². The zero-order valence-corrected chi connectivity index (χ0v) is 12.3. The Balaban J connectivity index is 1.85. The van der Waals surface area contributed by atoms with Gasteiger partial charge in [0.05, 0.1) is 18.6 Å². The lowest BCUT2D eigenvalue weighted by atomic mass is 10.0. The first-order valence-electron chi connectivity index (χ1n) is 7.36. The number of rotatable bonds is 3. The number of β-amino-alcohol motifs (C(OH)–C–C–N with tert-alkyl or cyclic N) is 1. The molecule has 3 rings (SSSR count). The smallest absolute Gasteiger partial charge is 0.227 e. The number of pyridine rings is 1. The summed E-state index contributed by atoms with van der Waals surface area (Å²) in [7, 11) is 0. The van der Waals surface area contributed by atoms with E-state index in [0.717, 1.165) is 23.8 Å². The Hall–Kier alpha value is -2.34. The molecule has 2 aromatic rings. The molecule has 0 radical (unpaired) electrons. The van der Waals surface area contributed by atoms with E-state index in [4.69, 9.17) is 0 Å². The molecule has 6 heteroatoms. The molecule has 2 atom stereocenters. The van der Waals surface area contributed by atoms with E-state index in [1.165, 1.54) is 4.90 Å². The van der Waals surface area contributed by atoms with Crippen molar-refractivity contribution in [3.8, 4) is 0 Å². The van der Waals surface area contributed by atoms with Crippen LogP contribution in [0.2, 0.25) is 0 Å². The molecule has 1 fully saturated rings. The molecule has 0 spiro atoms. The maximum Gasteiger partial charge on any atom is 0.227 e. The Labute approximate surface area is 132 Å². The Morgan fingerprint density at radius 2 is 2.17 bits per heavy atom. The first-order chi connectivity index (χ1) is 11.0. The number of hydrogen-bond donors (Lipinski definition) is 1. The van der Waals surface area contributed by atoms with Crippen molar-refractivity contribution in [3.05, 3.63) is 65.5 Å². The van der Waals surface area contributed by atoms with E-state index in [9.17, 15) is 18.7 Å². The van der Waals surface area contributed by atoms with Crippen LogP contribution < -0.4 is 0 Å². The molecule has 1 aromatic carbocycles. The molecular formula is C17H16F2N2O2. The number of amides is 1. The van der Waals surface area contributed by atoms with Crippen LogP contribution in [0, 0.1) is 11.6 Å². The highest BCUT2D eigenvalue weighted by molar-refractivity contribution is 5.79. The van der Waals surface area contributed by atoms with Crippen LogP contribution in [0.1, 0.15) is 23.6 Å². The number of likely N-dealkylation sites (tertiary alicyclic amines) is 1. The summed E-state index contributed by atoms with van der Waals surface area (Å²) < 4.78 is 27.4. The predicted octanol–water partition coefficient (Wildman–Crippen LogP) is 2.24. The maximum absolute atomic E-state index is 14.0. The summed E-state index contributed by atoms with van der Waals surface area (Å²) in [5.74, 6) is -1.39. The summed E-state index contributed by atoms with van der Waals surface area (Å²) in [6.45, 7) is 0.111. The van der Waals surface area contributed by atoms with E-state index in [1.807, 2.05) is 0 Å². The van der Waals surface area contributed by atoms with Gasteiger partial charge in [-0.2, -0.15) is 0 Å². The molecule has 0 aliphatic carbocycles. The second-order valence-electron chi connectivity index (χ2n) is 5.66. The van der Waals surface area contributed by atoms with Gasteiger partial charge < -0.3 is 10.0 Å². The van der Waals surface area contributed by atoms with Crippen LogP contribution in [0.4, 0.5) is 8.78 Å². The fraction of sp³-hybridized carbons (Fsp3) is 0.294. The van der Waals surface area contributed by atoms with Gasteiger partial charge >= 0.3 is 0 Å². The average Bonchev–Trinajstić information content (AvgIpc) is 2.92. The number of aromatic nitrogens is 1. The third kappa shape index (κ3) is 3.37. The van der Waals surface area contributed by atoms with E-state index in [1.54, 1.807) is 24.5 Å². The van der Waals surface area contributed by atoms with E-state index in [0.29, 0.717) is 0 Å². The molecule has 120 valence electrons. The lowest BCUT2D eigenvalue weighted by molar-refractivity contribution is -0.131. The first-order valence-corrected chi connectivity index (χ1v) is 7.36. The van der Waals surface area contributed by atoms with E-state index in [2.05, 4.69) is 4.98 Å². The minimum Gasteiger partial charge on any atom is -0.391 e. The van der Waals surface area contributed by atoms with Crippen LogP contribution in [0.15, 0.2) is 42.7 Å². The summed E-state index contributed by atoms with van der Waals surface area (Å²) in [4.78, 5) is 17.9. The van der Waals surface area contributed by atoms with Crippen molar-refractivity contribution in [3.63, 3.8) is 0 Å². The Morgan fingerprint density at radius 3 is 2.91 bits per heavy atom. The van der Waals surface area contributed by atoms with Gasteiger partial charge in [-0.3, -0.25) is 9.78 Å². The summed E-state index contributed by atoms with van der Waals surface area (Å²) in [5.41, 5.74) is 0.832. The van der Waals surface area contributed by atoms with Crippen LogP contribution in [-0.4, -0.2) is 33.5 Å². The highest BCUT2D eigenvalue weighted by Crippen LogP contribution is 2.34. The average molecular weight is 318 g/mol. The number of aliphatic hydroxyl groups is 1. The number of hydrogen-bond acceptors (Lipinski definition) is 3. The molecule has 0 bridgehead atoms. The van der Waals surface area contributed by atoms with Gasteiger partial charge in [-0.05, 0) is 36.2 Å². The van der Waals surface area contributed by atoms with Gasteiger partial charge in [-0.1, -0.05) is 6.07 Å². The van der Waals surface area contributed by atoms with Gasteiger partial charge in [0.15, 0.2) is 0 Å². The molecule has 0 saturated carbocycles. The molecule has 1 amide bonds. The van der Waals surface area contributed by atoms with E-state index in [-0.39, 0.29) is 30.9 Å². The number of aliphatic hydroxyl groups excluding tert-OH is 1. The summed E-state index contributed by atoms with van der Waals surface area (Å²) in [6, 6.07) is 6.00. The fourth-order valence-electron chi connectivity index (χ4n) is 2.93. The molecule has 1 aliphatic heterocycles. The topological polar surface area (TPSA) is 53.4 Å². The molecule has 23 heavy (non-hydrogen) atoms. The molecule has 4 nitrogen and oxygen atoms in total. The highest BCUT2D eigenvalue weighted by atomic mass is 19.1. The monoisotopic (exact) mass is 318 g/mol. The van der Waals surface area contributed by atoms with Gasteiger partial charge in [-0.15, -0.1) is 0 Å². The predicted molar refractivity (Wildman–Crippen MR) is 79.4 cm³/mol. The fourth-order valence-corrected chi connectivity index (χ4v) is 2.93. The zero-order valence-electron chi connectivity index (χ0n) is 12.3. The van der Waals surface area contributed by atoms with Crippen LogP contribution in [0.5, 0.6) is 0 Å². The normalized spacial score (nSPS) is 20.7. The first kappa shape index (κ1) is 15.6. The van der Waals surface area contributed by atoms with Crippen LogP contribution in [0.25, 0.3) is 0 Å². The highest BCUT2D eigenvalue weighted by Gasteiger charge is 2.36. The van der Waals surface area contributed by atoms with Crippen molar-refractivity contribution in [2.45, 2.75) is 25.0 Å². The zero-order chi connectivity index (χ0) is 16.4. The summed E-state index contributed by atoms with van der Waals surface area (Å²) in [5, 5.41) is 9.88. The standard InChI is InChI=1S/C17H16F2N2O2/c18-12-3-4-15(19)14(7-12)16-8-13(22)10-21(16)17(23)6-11-2-1-5-20-9-11/h1-5,7,9,13,16,22H,6,8,10H2/t13-,16+/m1/s1. The van der Waals surface area contributed by atoms with Gasteiger partial charge in [0.25, 0.3) is 0 Å².